The normalized spacial score (nSPS) is 29.8. The van der Waals surface area contributed by atoms with Crippen molar-refractivity contribution < 1.29 is 29.0 Å². The van der Waals surface area contributed by atoms with Gasteiger partial charge in [-0.25, -0.2) is 0 Å². The molecular formula is C30H45N3O6. The van der Waals surface area contributed by atoms with Gasteiger partial charge in [0.1, 0.15) is 17.4 Å². The fourth-order valence-corrected chi connectivity index (χ4v) is 7.08. The van der Waals surface area contributed by atoms with Crippen molar-refractivity contribution >= 4 is 23.4 Å². The Hall–Kier alpha value is -2.65. The summed E-state index contributed by atoms with van der Waals surface area (Å²) >= 11 is 0. The van der Waals surface area contributed by atoms with E-state index in [4.69, 9.17) is 9.47 Å². The lowest BCUT2D eigenvalue weighted by Crippen LogP contribution is -2.56. The summed E-state index contributed by atoms with van der Waals surface area (Å²) in [6.45, 7) is 9.00. The molecule has 1 spiro atoms. The van der Waals surface area contributed by atoms with Crippen LogP contribution in [0.5, 0.6) is 5.75 Å². The third-order valence-corrected chi connectivity index (χ3v) is 8.81. The molecule has 39 heavy (non-hydrogen) atoms. The van der Waals surface area contributed by atoms with Gasteiger partial charge in [0.2, 0.25) is 17.7 Å². The van der Waals surface area contributed by atoms with Crippen LogP contribution in [0, 0.1) is 11.8 Å². The average molecular weight is 544 g/mol. The number of carbonyl (C=O) groups excluding carboxylic acids is 3. The molecule has 3 fully saturated rings. The maximum absolute atomic E-state index is 14.1. The number of aliphatic hydroxyl groups excluding tert-OH is 1. The van der Waals surface area contributed by atoms with E-state index in [0.29, 0.717) is 50.9 Å². The van der Waals surface area contributed by atoms with Gasteiger partial charge < -0.3 is 30.1 Å². The number of amides is 3. The van der Waals surface area contributed by atoms with Crippen molar-refractivity contribution in [2.75, 3.05) is 25.1 Å². The van der Waals surface area contributed by atoms with Crippen LogP contribution in [-0.4, -0.2) is 70.8 Å². The second kappa shape index (κ2) is 12.3. The van der Waals surface area contributed by atoms with Crippen molar-refractivity contribution in [3.8, 4) is 5.75 Å². The molecule has 1 aromatic rings. The predicted molar refractivity (Wildman–Crippen MR) is 148 cm³/mol. The number of nitrogens with zero attached hydrogens (tertiary/aromatic N) is 1. The van der Waals surface area contributed by atoms with Crippen LogP contribution in [0.25, 0.3) is 0 Å². The number of rotatable bonds is 14. The smallest absolute Gasteiger partial charge is 0.246 e. The molecule has 3 aliphatic rings. The van der Waals surface area contributed by atoms with Crippen molar-refractivity contribution in [1.82, 2.24) is 10.2 Å². The lowest BCUT2D eigenvalue weighted by Gasteiger charge is -2.34. The van der Waals surface area contributed by atoms with Gasteiger partial charge in [-0.15, -0.1) is 0 Å². The Morgan fingerprint density at radius 1 is 1.13 bits per heavy atom. The van der Waals surface area contributed by atoms with Gasteiger partial charge in [0, 0.05) is 24.9 Å². The number of ether oxygens (including phenoxy) is 2. The molecular weight excluding hydrogens is 498 g/mol. The highest BCUT2D eigenvalue weighted by Crippen LogP contribution is 2.64. The summed E-state index contributed by atoms with van der Waals surface area (Å²) in [7, 11) is 0. The molecule has 0 radical (unpaired) electrons. The fourth-order valence-electron chi connectivity index (χ4n) is 7.08. The van der Waals surface area contributed by atoms with Crippen LogP contribution in [-0.2, 0) is 19.1 Å². The molecule has 4 rings (SSSR count). The Balaban J connectivity index is 1.64. The molecule has 3 N–H and O–H groups in total. The first-order valence-electron chi connectivity index (χ1n) is 14.7. The highest BCUT2D eigenvalue weighted by molar-refractivity contribution is 6.02. The van der Waals surface area contributed by atoms with Crippen molar-refractivity contribution in [2.45, 2.75) is 102 Å². The Bertz CT molecular complexity index is 1030. The third-order valence-electron chi connectivity index (χ3n) is 8.81. The van der Waals surface area contributed by atoms with Crippen LogP contribution in [0.3, 0.4) is 0 Å². The van der Waals surface area contributed by atoms with Crippen LogP contribution >= 0.6 is 0 Å². The first-order valence-corrected chi connectivity index (χ1v) is 14.7. The van der Waals surface area contributed by atoms with Crippen molar-refractivity contribution in [3.63, 3.8) is 0 Å². The molecule has 0 aromatic heterocycles. The number of unbranched alkanes of at least 4 members (excludes halogenated alkanes) is 2. The van der Waals surface area contributed by atoms with Crippen LogP contribution in [0.1, 0.15) is 79.1 Å². The number of fused-ring (bicyclic) bond motifs is 1. The number of nitrogens with one attached hydrogen (secondary N) is 2. The van der Waals surface area contributed by atoms with E-state index in [1.54, 1.807) is 29.2 Å². The summed E-state index contributed by atoms with van der Waals surface area (Å²) in [4.78, 5) is 43.5. The molecule has 9 nitrogen and oxygen atoms in total. The largest absolute Gasteiger partial charge is 0.494 e. The highest BCUT2D eigenvalue weighted by atomic mass is 16.5. The van der Waals surface area contributed by atoms with Crippen LogP contribution in [0.4, 0.5) is 5.69 Å². The lowest BCUT2D eigenvalue weighted by molar-refractivity contribution is -0.146. The van der Waals surface area contributed by atoms with Crippen LogP contribution in [0.15, 0.2) is 24.3 Å². The molecule has 2 bridgehead atoms. The zero-order valence-corrected chi connectivity index (χ0v) is 23.8. The summed E-state index contributed by atoms with van der Waals surface area (Å²) in [6, 6.07) is 6.39. The van der Waals surface area contributed by atoms with Gasteiger partial charge in [0.25, 0.3) is 0 Å². The number of carbonyl (C=O) groups is 3. The predicted octanol–water partition coefficient (Wildman–Crippen LogP) is 3.65. The van der Waals surface area contributed by atoms with E-state index in [9.17, 15) is 19.5 Å². The van der Waals surface area contributed by atoms with Gasteiger partial charge in [-0.05, 0) is 83.1 Å². The second-order valence-electron chi connectivity index (χ2n) is 11.3. The number of aliphatic hydroxyl groups is 1. The molecule has 3 amide bonds. The van der Waals surface area contributed by atoms with Gasteiger partial charge >= 0.3 is 0 Å². The first-order chi connectivity index (χ1) is 18.8. The summed E-state index contributed by atoms with van der Waals surface area (Å²) in [6.07, 6.45) is 5.61. The summed E-state index contributed by atoms with van der Waals surface area (Å²) in [5.74, 6) is -1.32. The van der Waals surface area contributed by atoms with Gasteiger partial charge in [-0.1, -0.05) is 20.3 Å². The zero-order chi connectivity index (χ0) is 28.2. The van der Waals surface area contributed by atoms with Crippen molar-refractivity contribution in [1.29, 1.82) is 0 Å². The number of anilines is 1. The number of likely N-dealkylation sites (tertiary alicyclic amines) is 1. The SMILES string of the molecule is CCCC(C)NC(=O)C1N(CCCCCO)C(=O)[C@@H]2[C@@H](C(=O)Nc3ccc(OCC)cc3)[C@@]3(CC)CCC12O3. The van der Waals surface area contributed by atoms with E-state index in [2.05, 4.69) is 17.6 Å². The van der Waals surface area contributed by atoms with E-state index in [1.807, 2.05) is 20.8 Å². The average Bonchev–Trinajstić information content (AvgIpc) is 3.51. The minimum Gasteiger partial charge on any atom is -0.494 e. The standard InChI is InChI=1S/C30H45N3O6/c1-5-11-20(4)31-27(36)25-30-17-16-29(6-2,39-30)23(24(30)28(37)33(25)18-9-8-10-19-34)26(35)32-21-12-14-22(15-13-21)38-7-3/h12-15,20,23-25,34H,5-11,16-19H2,1-4H3,(H,31,36)(H,32,35)/t20?,23-,24-,25?,29+,30?/m0/s1. The zero-order valence-electron chi connectivity index (χ0n) is 23.8. The van der Waals surface area contributed by atoms with Gasteiger partial charge in [0.15, 0.2) is 0 Å². The van der Waals surface area contributed by atoms with E-state index in [1.165, 1.54) is 0 Å². The number of hydrogen-bond donors (Lipinski definition) is 3. The Morgan fingerprint density at radius 3 is 2.51 bits per heavy atom. The van der Waals surface area contributed by atoms with Crippen LogP contribution in [0.2, 0.25) is 0 Å². The maximum atomic E-state index is 14.1. The summed E-state index contributed by atoms with van der Waals surface area (Å²) in [5, 5.41) is 15.4. The lowest BCUT2D eigenvalue weighted by atomic mass is 9.65. The maximum Gasteiger partial charge on any atom is 0.246 e. The van der Waals surface area contributed by atoms with Crippen LogP contribution < -0.4 is 15.4 Å². The Labute approximate surface area is 232 Å². The highest BCUT2D eigenvalue weighted by Gasteiger charge is 2.78. The fraction of sp³-hybridized carbons (Fsp3) is 0.700. The second-order valence-corrected chi connectivity index (χ2v) is 11.3. The molecule has 9 heteroatoms. The van der Waals surface area contributed by atoms with E-state index in [0.717, 1.165) is 25.0 Å². The van der Waals surface area contributed by atoms with Gasteiger partial charge in [-0.2, -0.15) is 0 Å². The molecule has 3 unspecified atom stereocenters. The van der Waals surface area contributed by atoms with Gasteiger partial charge in [-0.3, -0.25) is 14.4 Å². The Morgan fingerprint density at radius 2 is 1.87 bits per heavy atom. The molecule has 3 heterocycles. The number of benzene rings is 1. The molecule has 216 valence electrons. The molecule has 0 aliphatic carbocycles. The van der Waals surface area contributed by atoms with Crippen molar-refractivity contribution in [2.24, 2.45) is 11.8 Å². The topological polar surface area (TPSA) is 117 Å². The molecule has 0 saturated carbocycles. The summed E-state index contributed by atoms with van der Waals surface area (Å²) in [5.41, 5.74) is -1.19. The van der Waals surface area contributed by atoms with E-state index < -0.39 is 29.1 Å². The molecule has 3 saturated heterocycles. The van der Waals surface area contributed by atoms with E-state index >= 15 is 0 Å². The summed E-state index contributed by atoms with van der Waals surface area (Å²) < 4.78 is 12.3. The molecule has 1 aromatic carbocycles. The minimum atomic E-state index is -1.03. The monoisotopic (exact) mass is 543 g/mol. The van der Waals surface area contributed by atoms with Gasteiger partial charge in [0.05, 0.1) is 24.0 Å². The quantitative estimate of drug-likeness (QED) is 0.309. The first kappa shape index (κ1) is 29.3. The van der Waals surface area contributed by atoms with E-state index in [-0.39, 0.29) is 30.4 Å². The Kier molecular flexibility index (Phi) is 9.21. The molecule has 3 aliphatic heterocycles. The minimum absolute atomic E-state index is 0.0261. The van der Waals surface area contributed by atoms with Crippen molar-refractivity contribution in [3.05, 3.63) is 24.3 Å². The third kappa shape index (κ3) is 5.40. The number of hydrogen-bond acceptors (Lipinski definition) is 6. The molecule has 6 atom stereocenters.